The van der Waals surface area contributed by atoms with Gasteiger partial charge in [-0.1, -0.05) is 18.2 Å². The van der Waals surface area contributed by atoms with Crippen LogP contribution in [-0.4, -0.2) is 28.4 Å². The highest BCUT2D eigenvalue weighted by Gasteiger charge is 2.38. The van der Waals surface area contributed by atoms with Gasteiger partial charge in [0.25, 0.3) is 0 Å². The molecule has 0 spiro atoms. The molecule has 138 valence electrons. The molecule has 2 N–H and O–H groups in total. The van der Waals surface area contributed by atoms with Crippen LogP contribution in [0.5, 0.6) is 5.75 Å². The Bertz CT molecular complexity index is 851. The second-order valence-corrected chi connectivity index (χ2v) is 7.06. The molecule has 3 heterocycles. The molecule has 2 aliphatic heterocycles. The molecule has 0 amide bonds. The molecule has 4 rings (SSSR count). The van der Waals surface area contributed by atoms with Crippen molar-refractivity contribution in [3.63, 3.8) is 0 Å². The Morgan fingerprint density at radius 2 is 2.23 bits per heavy atom. The number of ether oxygens (including phenoxy) is 1. The van der Waals surface area contributed by atoms with Crippen molar-refractivity contribution in [2.75, 3.05) is 12.3 Å². The average Bonchev–Trinajstić information content (AvgIpc) is 3.00. The summed E-state index contributed by atoms with van der Waals surface area (Å²) >= 11 is 0. The Morgan fingerprint density at radius 3 is 3.08 bits per heavy atom. The van der Waals surface area contributed by atoms with Crippen LogP contribution >= 0.6 is 8.60 Å². The summed E-state index contributed by atoms with van der Waals surface area (Å²) in [5.41, 5.74) is 5.82. The van der Waals surface area contributed by atoms with Crippen LogP contribution in [0.1, 0.15) is 18.2 Å². The van der Waals surface area contributed by atoms with Gasteiger partial charge in [0.2, 0.25) is 0 Å². The molecule has 0 bridgehead atoms. The fraction of sp³-hybridized carbons (Fsp3) is 0.375. The Balaban J connectivity index is 1.35. The molecular formula is C16H17FN3O5P. The normalized spacial score (nSPS) is 27.7. The molecule has 0 saturated carbocycles. The van der Waals surface area contributed by atoms with Gasteiger partial charge in [-0.15, -0.1) is 0 Å². The molecule has 1 saturated heterocycles. The molecule has 0 aliphatic carbocycles. The zero-order valence-corrected chi connectivity index (χ0v) is 14.6. The molecular weight excluding hydrogens is 364 g/mol. The summed E-state index contributed by atoms with van der Waals surface area (Å²) in [6.45, 7) is 0.338. The topological polar surface area (TPSA) is 97.8 Å². The molecule has 8 nitrogen and oxygen atoms in total. The third kappa shape index (κ3) is 3.57. The molecule has 2 aliphatic rings. The highest BCUT2D eigenvalue weighted by Crippen LogP contribution is 2.47. The van der Waals surface area contributed by atoms with Gasteiger partial charge in [0.05, 0.1) is 13.2 Å². The maximum atomic E-state index is 14.3. The predicted octanol–water partition coefficient (Wildman–Crippen LogP) is 2.30. The minimum Gasteiger partial charge on any atom is -0.426 e. The lowest BCUT2D eigenvalue weighted by molar-refractivity contribution is -0.0335. The summed E-state index contributed by atoms with van der Waals surface area (Å²) in [6, 6.07) is 8.96. The monoisotopic (exact) mass is 381 g/mol. The number of hydrogen-bond donors (Lipinski definition) is 1. The van der Waals surface area contributed by atoms with E-state index >= 15 is 0 Å². The average molecular weight is 381 g/mol. The SMILES string of the molecule is Nc1ccn(C2CC(F)C(COP3OCc4ccccc4O3)O2)c(=O)n1. The van der Waals surface area contributed by atoms with Crippen molar-refractivity contribution in [3.05, 3.63) is 52.6 Å². The van der Waals surface area contributed by atoms with Gasteiger partial charge in [0.1, 0.15) is 30.1 Å². The number of halogens is 1. The van der Waals surface area contributed by atoms with Gasteiger partial charge in [-0.25, -0.2) is 9.18 Å². The van der Waals surface area contributed by atoms with Gasteiger partial charge >= 0.3 is 14.3 Å². The van der Waals surface area contributed by atoms with E-state index in [0.717, 1.165) is 5.56 Å². The van der Waals surface area contributed by atoms with Crippen LogP contribution in [0.3, 0.4) is 0 Å². The van der Waals surface area contributed by atoms with Crippen LogP contribution in [0.2, 0.25) is 0 Å². The Morgan fingerprint density at radius 1 is 1.38 bits per heavy atom. The van der Waals surface area contributed by atoms with Gasteiger partial charge < -0.3 is 15.0 Å². The van der Waals surface area contributed by atoms with E-state index < -0.39 is 32.8 Å². The maximum Gasteiger partial charge on any atom is 0.397 e. The first-order valence-corrected chi connectivity index (χ1v) is 9.16. The molecule has 0 radical (unpaired) electrons. The summed E-state index contributed by atoms with van der Waals surface area (Å²) in [6.07, 6.45) is -1.38. The van der Waals surface area contributed by atoms with Crippen LogP contribution in [0, 0.1) is 0 Å². The fourth-order valence-electron chi connectivity index (χ4n) is 2.79. The number of nitrogens with two attached hydrogens (primary N) is 1. The second-order valence-electron chi connectivity index (χ2n) is 5.91. The Labute approximate surface area is 149 Å². The number of hydrogen-bond acceptors (Lipinski definition) is 7. The lowest BCUT2D eigenvalue weighted by atomic mass is 10.2. The summed E-state index contributed by atoms with van der Waals surface area (Å²) in [5, 5.41) is 0. The molecule has 10 heteroatoms. The van der Waals surface area contributed by atoms with Gasteiger partial charge in [-0.2, -0.15) is 4.98 Å². The van der Waals surface area contributed by atoms with Crippen molar-refractivity contribution < 1.29 is 22.7 Å². The summed E-state index contributed by atoms with van der Waals surface area (Å²) in [4.78, 5) is 15.5. The first-order chi connectivity index (χ1) is 12.6. The van der Waals surface area contributed by atoms with E-state index in [-0.39, 0.29) is 18.8 Å². The quantitative estimate of drug-likeness (QED) is 0.812. The van der Waals surface area contributed by atoms with Crippen molar-refractivity contribution >= 4 is 14.4 Å². The van der Waals surface area contributed by atoms with E-state index in [1.807, 2.05) is 24.3 Å². The zero-order valence-electron chi connectivity index (χ0n) is 13.7. The van der Waals surface area contributed by atoms with E-state index in [2.05, 4.69) is 4.98 Å². The van der Waals surface area contributed by atoms with Gasteiger partial charge in [-0.3, -0.25) is 13.6 Å². The lowest BCUT2D eigenvalue weighted by Gasteiger charge is -2.24. The van der Waals surface area contributed by atoms with Crippen molar-refractivity contribution in [3.8, 4) is 5.75 Å². The number of alkyl halides is 1. The summed E-state index contributed by atoms with van der Waals surface area (Å²) in [7, 11) is -1.62. The lowest BCUT2D eigenvalue weighted by Crippen LogP contribution is -2.28. The summed E-state index contributed by atoms with van der Waals surface area (Å²) < 4.78 is 37.8. The van der Waals surface area contributed by atoms with E-state index in [4.69, 9.17) is 24.0 Å². The Kier molecular flexibility index (Phi) is 4.86. The number of benzene rings is 1. The van der Waals surface area contributed by atoms with Crippen molar-refractivity contribution in [2.24, 2.45) is 0 Å². The number of para-hydroxylation sites is 1. The van der Waals surface area contributed by atoms with Crippen LogP contribution in [-0.2, 0) is 20.4 Å². The molecule has 1 fully saturated rings. The number of nitrogen functional groups attached to an aromatic ring is 1. The largest absolute Gasteiger partial charge is 0.426 e. The molecule has 4 unspecified atom stereocenters. The van der Waals surface area contributed by atoms with Gasteiger partial charge in [0, 0.05) is 18.2 Å². The third-order valence-corrected chi connectivity index (χ3v) is 5.18. The predicted molar refractivity (Wildman–Crippen MR) is 91.1 cm³/mol. The fourth-order valence-corrected chi connectivity index (χ4v) is 3.83. The van der Waals surface area contributed by atoms with Crippen molar-refractivity contribution in [1.82, 2.24) is 9.55 Å². The van der Waals surface area contributed by atoms with Crippen LogP contribution < -0.4 is 15.9 Å². The maximum absolute atomic E-state index is 14.3. The number of fused-ring (bicyclic) bond motifs is 1. The highest BCUT2D eigenvalue weighted by atomic mass is 31.2. The zero-order chi connectivity index (χ0) is 18.1. The van der Waals surface area contributed by atoms with Gasteiger partial charge in [-0.05, 0) is 12.1 Å². The van der Waals surface area contributed by atoms with Crippen molar-refractivity contribution in [1.29, 1.82) is 0 Å². The van der Waals surface area contributed by atoms with E-state index in [9.17, 15) is 9.18 Å². The molecule has 1 aromatic carbocycles. The van der Waals surface area contributed by atoms with Crippen LogP contribution in [0.4, 0.5) is 10.2 Å². The molecule has 4 atom stereocenters. The Hall–Kier alpha value is -2.06. The molecule has 2 aromatic rings. The van der Waals surface area contributed by atoms with Crippen LogP contribution in [0.15, 0.2) is 41.3 Å². The highest BCUT2D eigenvalue weighted by molar-refractivity contribution is 7.42. The van der Waals surface area contributed by atoms with Crippen molar-refractivity contribution in [2.45, 2.75) is 31.5 Å². The van der Waals surface area contributed by atoms with E-state index in [1.54, 1.807) is 0 Å². The third-order valence-electron chi connectivity index (χ3n) is 4.14. The van der Waals surface area contributed by atoms with Crippen LogP contribution in [0.25, 0.3) is 0 Å². The molecule has 26 heavy (non-hydrogen) atoms. The first kappa shape index (κ1) is 17.4. The summed E-state index contributed by atoms with van der Waals surface area (Å²) in [5.74, 6) is 0.807. The minimum atomic E-state index is -1.62. The van der Waals surface area contributed by atoms with E-state index in [1.165, 1.54) is 16.8 Å². The smallest absolute Gasteiger partial charge is 0.397 e. The second kappa shape index (κ2) is 7.28. The first-order valence-electron chi connectivity index (χ1n) is 8.06. The van der Waals surface area contributed by atoms with E-state index in [0.29, 0.717) is 12.4 Å². The number of nitrogens with zero attached hydrogens (tertiary/aromatic N) is 2. The van der Waals surface area contributed by atoms with Gasteiger partial charge in [0.15, 0.2) is 0 Å². The number of anilines is 1. The molecule has 1 aromatic heterocycles. The number of aromatic nitrogens is 2. The number of rotatable bonds is 4. The standard InChI is InChI=1S/C16H17FN3O5P/c17-11-7-15(20-6-5-14(18)19-16(20)21)24-13(11)9-23-26-22-8-10-3-1-2-4-12(10)25-26/h1-6,11,13,15H,7-9H2,(H2,18,19,21). The minimum absolute atomic E-state index is 0.0298.